The van der Waals surface area contributed by atoms with Gasteiger partial charge >= 0.3 is 0 Å². The van der Waals surface area contributed by atoms with Crippen molar-refractivity contribution in [2.75, 3.05) is 27.3 Å². The first-order chi connectivity index (χ1) is 15.6. The van der Waals surface area contributed by atoms with Gasteiger partial charge in [0.1, 0.15) is 5.84 Å². The maximum absolute atomic E-state index is 12.3. The van der Waals surface area contributed by atoms with Crippen molar-refractivity contribution in [3.63, 3.8) is 0 Å². The number of amidine groups is 1. The first kappa shape index (κ1) is 23.3. The van der Waals surface area contributed by atoms with E-state index in [1.54, 1.807) is 32.4 Å². The van der Waals surface area contributed by atoms with E-state index < -0.39 is 0 Å². The van der Waals surface area contributed by atoms with Gasteiger partial charge in [-0.2, -0.15) is 0 Å². The van der Waals surface area contributed by atoms with Crippen LogP contribution < -0.4 is 14.8 Å². The Bertz CT molecular complexity index is 935. The normalized spacial score (nSPS) is 15.6. The minimum atomic E-state index is -0.339. The standard InChI is InChI=1S/C25H31N3O4/c1-31-22-10-8-19(16-23(22)32-2)9-11-25(29)26-24(27-30)17-20-12-14-28(15-13-20)18-21-6-4-3-5-7-21/h3-11,16,20,30H,12-15,17-18H2,1-2H3,(H,26,27,29)/b11-9-. The molecule has 1 amide bonds. The van der Waals surface area contributed by atoms with Crippen LogP contribution in [0.1, 0.15) is 30.4 Å². The van der Waals surface area contributed by atoms with Gasteiger partial charge in [0.15, 0.2) is 11.5 Å². The molecule has 1 aliphatic heterocycles. The SMILES string of the molecule is COc1ccc(/C=C\C(=O)N/C(CC2CCN(Cc3ccccc3)CC2)=N/O)cc1OC. The van der Waals surface area contributed by atoms with Crippen LogP contribution in [-0.2, 0) is 11.3 Å². The molecule has 2 aromatic rings. The monoisotopic (exact) mass is 437 g/mol. The van der Waals surface area contributed by atoms with Crippen molar-refractivity contribution in [3.05, 3.63) is 65.7 Å². The van der Waals surface area contributed by atoms with Gasteiger partial charge in [-0.1, -0.05) is 41.6 Å². The fourth-order valence-electron chi connectivity index (χ4n) is 3.89. The maximum atomic E-state index is 12.3. The molecule has 2 aromatic carbocycles. The number of benzene rings is 2. The number of hydrogen-bond donors (Lipinski definition) is 2. The Hall–Kier alpha value is -3.32. The highest BCUT2D eigenvalue weighted by molar-refractivity contribution is 6.04. The highest BCUT2D eigenvalue weighted by Crippen LogP contribution is 2.28. The molecule has 1 fully saturated rings. The average Bonchev–Trinajstić information content (AvgIpc) is 2.84. The lowest BCUT2D eigenvalue weighted by atomic mass is 9.92. The topological polar surface area (TPSA) is 83.4 Å². The van der Waals surface area contributed by atoms with Crippen LogP contribution in [-0.4, -0.2) is 49.2 Å². The Morgan fingerprint density at radius 2 is 1.84 bits per heavy atom. The molecule has 0 aliphatic carbocycles. The van der Waals surface area contributed by atoms with Gasteiger partial charge < -0.3 is 20.0 Å². The molecule has 2 N–H and O–H groups in total. The van der Waals surface area contributed by atoms with E-state index in [0.717, 1.165) is 38.0 Å². The molecule has 0 atom stereocenters. The van der Waals surface area contributed by atoms with Crippen molar-refractivity contribution in [2.45, 2.75) is 25.8 Å². The summed E-state index contributed by atoms with van der Waals surface area (Å²) in [6.45, 7) is 2.93. The Morgan fingerprint density at radius 1 is 1.12 bits per heavy atom. The number of oxime groups is 1. The quantitative estimate of drug-likeness (QED) is 0.215. The molecule has 7 nitrogen and oxygen atoms in total. The molecule has 0 saturated carbocycles. The van der Waals surface area contributed by atoms with Gasteiger partial charge in [-0.15, -0.1) is 0 Å². The van der Waals surface area contributed by atoms with Crippen LogP contribution in [0.25, 0.3) is 6.08 Å². The highest BCUT2D eigenvalue weighted by Gasteiger charge is 2.21. The van der Waals surface area contributed by atoms with Crippen molar-refractivity contribution < 1.29 is 19.5 Å². The number of nitrogens with zero attached hydrogens (tertiary/aromatic N) is 2. The maximum Gasteiger partial charge on any atom is 0.249 e. The minimum Gasteiger partial charge on any atom is -0.493 e. The number of likely N-dealkylation sites (tertiary alicyclic amines) is 1. The second-order valence-electron chi connectivity index (χ2n) is 7.89. The van der Waals surface area contributed by atoms with Gasteiger partial charge in [-0.3, -0.25) is 9.69 Å². The zero-order chi connectivity index (χ0) is 22.8. The zero-order valence-electron chi connectivity index (χ0n) is 18.7. The van der Waals surface area contributed by atoms with Gasteiger partial charge in [-0.25, -0.2) is 0 Å². The number of rotatable bonds is 8. The second-order valence-corrected chi connectivity index (χ2v) is 7.89. The number of ether oxygens (including phenoxy) is 2. The second kappa shape index (κ2) is 11.9. The molecular weight excluding hydrogens is 406 g/mol. The Kier molecular flexibility index (Phi) is 8.69. The number of nitrogens with one attached hydrogen (secondary N) is 1. The van der Waals surface area contributed by atoms with Crippen LogP contribution in [0.2, 0.25) is 0 Å². The Morgan fingerprint density at radius 3 is 2.50 bits per heavy atom. The van der Waals surface area contributed by atoms with Crippen LogP contribution in [0.4, 0.5) is 0 Å². The number of amides is 1. The summed E-state index contributed by atoms with van der Waals surface area (Å²) in [4.78, 5) is 14.7. The van der Waals surface area contributed by atoms with E-state index in [1.165, 1.54) is 11.6 Å². The lowest BCUT2D eigenvalue weighted by Crippen LogP contribution is -2.36. The number of methoxy groups -OCH3 is 2. The van der Waals surface area contributed by atoms with Crippen LogP contribution in [0.3, 0.4) is 0 Å². The molecule has 1 saturated heterocycles. The molecule has 170 valence electrons. The third-order valence-electron chi connectivity index (χ3n) is 5.66. The molecule has 0 bridgehead atoms. The van der Waals surface area contributed by atoms with E-state index in [0.29, 0.717) is 29.7 Å². The molecule has 3 rings (SSSR count). The summed E-state index contributed by atoms with van der Waals surface area (Å²) < 4.78 is 10.5. The summed E-state index contributed by atoms with van der Waals surface area (Å²) in [6.07, 6.45) is 5.64. The zero-order valence-corrected chi connectivity index (χ0v) is 18.7. The van der Waals surface area contributed by atoms with E-state index >= 15 is 0 Å². The summed E-state index contributed by atoms with van der Waals surface area (Å²) >= 11 is 0. The number of carbonyl (C=O) groups is 1. The van der Waals surface area contributed by atoms with Crippen LogP contribution in [0.5, 0.6) is 11.5 Å². The smallest absolute Gasteiger partial charge is 0.249 e. The molecular formula is C25H31N3O4. The van der Waals surface area contributed by atoms with E-state index in [1.807, 2.05) is 12.1 Å². The van der Waals surface area contributed by atoms with Crippen molar-refractivity contribution in [1.82, 2.24) is 10.2 Å². The van der Waals surface area contributed by atoms with E-state index in [2.05, 4.69) is 39.6 Å². The van der Waals surface area contributed by atoms with E-state index in [9.17, 15) is 10.0 Å². The largest absolute Gasteiger partial charge is 0.493 e. The predicted molar refractivity (Wildman–Crippen MR) is 125 cm³/mol. The number of carbonyl (C=O) groups excluding carboxylic acids is 1. The van der Waals surface area contributed by atoms with Crippen LogP contribution in [0.15, 0.2) is 59.8 Å². The molecule has 7 heteroatoms. The van der Waals surface area contributed by atoms with Crippen molar-refractivity contribution in [2.24, 2.45) is 11.1 Å². The molecule has 0 aromatic heterocycles. The lowest BCUT2D eigenvalue weighted by Gasteiger charge is -2.32. The molecule has 0 radical (unpaired) electrons. The highest BCUT2D eigenvalue weighted by atomic mass is 16.5. The van der Waals surface area contributed by atoms with Crippen molar-refractivity contribution in [3.8, 4) is 11.5 Å². The van der Waals surface area contributed by atoms with Gasteiger partial charge in [0.2, 0.25) is 5.91 Å². The first-order valence-corrected chi connectivity index (χ1v) is 10.8. The summed E-state index contributed by atoms with van der Waals surface area (Å²) in [5.74, 6) is 1.55. The Balaban J connectivity index is 1.46. The first-order valence-electron chi connectivity index (χ1n) is 10.8. The van der Waals surface area contributed by atoms with Gasteiger partial charge in [0, 0.05) is 19.0 Å². The number of piperidine rings is 1. The summed E-state index contributed by atoms with van der Waals surface area (Å²) in [5.41, 5.74) is 2.11. The van der Waals surface area contributed by atoms with Gasteiger partial charge in [0.05, 0.1) is 14.2 Å². The molecule has 0 spiro atoms. The third kappa shape index (κ3) is 6.85. The fourth-order valence-corrected chi connectivity index (χ4v) is 3.89. The lowest BCUT2D eigenvalue weighted by molar-refractivity contribution is -0.115. The van der Waals surface area contributed by atoms with Gasteiger partial charge in [-0.05, 0) is 61.2 Å². The summed E-state index contributed by atoms with van der Waals surface area (Å²) in [5, 5.41) is 15.4. The van der Waals surface area contributed by atoms with Crippen molar-refractivity contribution in [1.29, 1.82) is 0 Å². The number of hydrogen-bond acceptors (Lipinski definition) is 6. The molecule has 32 heavy (non-hydrogen) atoms. The van der Waals surface area contributed by atoms with Gasteiger partial charge in [0.25, 0.3) is 0 Å². The van der Waals surface area contributed by atoms with E-state index in [4.69, 9.17) is 9.47 Å². The minimum absolute atomic E-state index is 0.300. The van der Waals surface area contributed by atoms with Crippen molar-refractivity contribution >= 4 is 17.8 Å². The molecule has 1 heterocycles. The average molecular weight is 438 g/mol. The van der Waals surface area contributed by atoms with Crippen LogP contribution in [0, 0.1) is 5.92 Å². The predicted octanol–water partition coefficient (Wildman–Crippen LogP) is 3.92. The third-order valence-corrected chi connectivity index (χ3v) is 5.66. The molecule has 0 unspecified atom stereocenters. The van der Waals surface area contributed by atoms with Crippen LogP contribution >= 0.6 is 0 Å². The Labute approximate surface area is 189 Å². The fraction of sp³-hybridized carbons (Fsp3) is 0.360. The summed E-state index contributed by atoms with van der Waals surface area (Å²) in [6, 6.07) is 15.8. The molecule has 1 aliphatic rings. The summed E-state index contributed by atoms with van der Waals surface area (Å²) in [7, 11) is 3.14. The van der Waals surface area contributed by atoms with E-state index in [-0.39, 0.29) is 5.91 Å².